The molecule has 0 aliphatic carbocycles. The maximum Gasteiger partial charge on any atom is 0.341 e. The van der Waals surface area contributed by atoms with Crippen LogP contribution in [-0.2, 0) is 13.0 Å². The first-order chi connectivity index (χ1) is 11.6. The molecular formula is C17H19Cl2N3O3. The smallest absolute Gasteiger partial charge is 0.341 e. The highest BCUT2D eigenvalue weighted by atomic mass is 35.5. The van der Waals surface area contributed by atoms with Gasteiger partial charge < -0.3 is 19.9 Å². The maximum absolute atomic E-state index is 12.6. The first kappa shape index (κ1) is 18.0. The lowest BCUT2D eigenvalue weighted by atomic mass is 9.97. The maximum atomic E-state index is 12.6. The van der Waals surface area contributed by atoms with E-state index in [1.807, 2.05) is 4.57 Å². The minimum Gasteiger partial charge on any atom is -0.477 e. The quantitative estimate of drug-likeness (QED) is 0.830. The van der Waals surface area contributed by atoms with Crippen molar-refractivity contribution in [1.82, 2.24) is 9.88 Å². The number of carbonyl (C=O) groups is 1. The average Bonchev–Trinajstić information content (AvgIpc) is 2.58. The Balaban J connectivity index is 0.00000182. The monoisotopic (exact) mass is 383 g/mol. The predicted molar refractivity (Wildman–Crippen MR) is 101 cm³/mol. The summed E-state index contributed by atoms with van der Waals surface area (Å²) in [5.41, 5.74) is 2.27. The summed E-state index contributed by atoms with van der Waals surface area (Å²) < 4.78 is 1.90. The van der Waals surface area contributed by atoms with Crippen molar-refractivity contribution in [3.8, 4) is 0 Å². The fourth-order valence-electron chi connectivity index (χ4n) is 3.83. The van der Waals surface area contributed by atoms with Crippen LogP contribution >= 0.6 is 24.0 Å². The van der Waals surface area contributed by atoms with Gasteiger partial charge in [0.25, 0.3) is 0 Å². The van der Waals surface area contributed by atoms with Crippen LogP contribution in [0.15, 0.2) is 17.1 Å². The summed E-state index contributed by atoms with van der Waals surface area (Å²) in [7, 11) is 0. The second kappa shape index (κ2) is 6.86. The van der Waals surface area contributed by atoms with Crippen LogP contribution in [0, 0.1) is 0 Å². The molecule has 2 aromatic rings. The number of benzene rings is 1. The first-order valence-electron chi connectivity index (χ1n) is 8.15. The van der Waals surface area contributed by atoms with Crippen molar-refractivity contribution in [1.29, 1.82) is 0 Å². The molecule has 1 aromatic heterocycles. The van der Waals surface area contributed by atoms with Crippen LogP contribution in [0.25, 0.3) is 10.9 Å². The molecule has 25 heavy (non-hydrogen) atoms. The van der Waals surface area contributed by atoms with Crippen LogP contribution in [0.4, 0.5) is 5.69 Å². The van der Waals surface area contributed by atoms with Gasteiger partial charge in [-0.25, -0.2) is 4.79 Å². The van der Waals surface area contributed by atoms with E-state index in [4.69, 9.17) is 11.6 Å². The Morgan fingerprint density at radius 2 is 1.96 bits per heavy atom. The van der Waals surface area contributed by atoms with E-state index in [0.717, 1.165) is 55.8 Å². The number of nitrogens with zero attached hydrogens (tertiary/aromatic N) is 2. The van der Waals surface area contributed by atoms with Gasteiger partial charge in [0.1, 0.15) is 5.56 Å². The molecule has 2 aliphatic heterocycles. The van der Waals surface area contributed by atoms with Crippen LogP contribution in [-0.4, -0.2) is 41.8 Å². The van der Waals surface area contributed by atoms with E-state index in [2.05, 4.69) is 10.2 Å². The van der Waals surface area contributed by atoms with Gasteiger partial charge in [-0.2, -0.15) is 0 Å². The fourth-order valence-corrected chi connectivity index (χ4v) is 4.17. The summed E-state index contributed by atoms with van der Waals surface area (Å²) in [4.78, 5) is 26.2. The Morgan fingerprint density at radius 1 is 1.24 bits per heavy atom. The van der Waals surface area contributed by atoms with E-state index in [1.54, 1.807) is 6.07 Å². The van der Waals surface area contributed by atoms with E-state index in [1.165, 1.54) is 6.20 Å². The minimum absolute atomic E-state index is 0. The van der Waals surface area contributed by atoms with Crippen LogP contribution in [0.2, 0.25) is 5.02 Å². The average molecular weight is 384 g/mol. The van der Waals surface area contributed by atoms with E-state index < -0.39 is 11.4 Å². The lowest BCUT2D eigenvalue weighted by molar-refractivity contribution is 0.0694. The lowest BCUT2D eigenvalue weighted by Crippen LogP contribution is -2.44. The highest BCUT2D eigenvalue weighted by molar-refractivity contribution is 6.34. The Bertz CT molecular complexity index is 904. The number of pyridine rings is 1. The molecule has 2 N–H and O–H groups in total. The van der Waals surface area contributed by atoms with Crippen molar-refractivity contribution < 1.29 is 9.90 Å². The number of aromatic carboxylic acids is 1. The molecule has 0 saturated carbocycles. The molecule has 2 aliphatic rings. The Labute approximate surface area is 155 Å². The van der Waals surface area contributed by atoms with Gasteiger partial charge >= 0.3 is 5.97 Å². The summed E-state index contributed by atoms with van der Waals surface area (Å²) in [5.74, 6) is -1.19. The Kier molecular flexibility index (Phi) is 4.95. The zero-order valence-electron chi connectivity index (χ0n) is 13.5. The van der Waals surface area contributed by atoms with Crippen molar-refractivity contribution in [2.45, 2.75) is 19.4 Å². The predicted octanol–water partition coefficient (Wildman–Crippen LogP) is 2.13. The largest absolute Gasteiger partial charge is 0.477 e. The molecular weight excluding hydrogens is 365 g/mol. The Morgan fingerprint density at radius 3 is 2.64 bits per heavy atom. The summed E-state index contributed by atoms with van der Waals surface area (Å²) in [6, 6.07) is 1.65. The number of rotatable bonds is 2. The van der Waals surface area contributed by atoms with Crippen LogP contribution in [0.5, 0.6) is 0 Å². The summed E-state index contributed by atoms with van der Waals surface area (Å²) in [6.45, 7) is 4.26. The fraction of sp³-hybridized carbons (Fsp3) is 0.412. The molecule has 0 spiro atoms. The van der Waals surface area contributed by atoms with Crippen molar-refractivity contribution >= 4 is 46.6 Å². The molecule has 0 atom stereocenters. The third-order valence-electron chi connectivity index (χ3n) is 4.87. The van der Waals surface area contributed by atoms with E-state index in [0.29, 0.717) is 17.0 Å². The summed E-state index contributed by atoms with van der Waals surface area (Å²) in [6.07, 6.45) is 3.23. The SMILES string of the molecule is Cl.O=C(O)c1cn2c3c(c(N4CCNCC4)c(Cl)cc3c1=O)CCC2. The van der Waals surface area contributed by atoms with Crippen molar-refractivity contribution in [3.05, 3.63) is 38.6 Å². The molecule has 4 rings (SSSR count). The third kappa shape index (κ3) is 2.88. The number of piperazine rings is 1. The van der Waals surface area contributed by atoms with Crippen molar-refractivity contribution in [2.75, 3.05) is 31.1 Å². The number of carboxylic acids is 1. The topological polar surface area (TPSA) is 74.6 Å². The molecule has 134 valence electrons. The summed E-state index contributed by atoms with van der Waals surface area (Å²) in [5, 5.41) is 13.6. The van der Waals surface area contributed by atoms with Crippen LogP contribution < -0.4 is 15.6 Å². The van der Waals surface area contributed by atoms with E-state index >= 15 is 0 Å². The molecule has 3 heterocycles. The zero-order chi connectivity index (χ0) is 16.8. The number of nitrogens with one attached hydrogen (secondary N) is 1. The minimum atomic E-state index is -1.19. The summed E-state index contributed by atoms with van der Waals surface area (Å²) >= 11 is 6.54. The van der Waals surface area contributed by atoms with E-state index in [9.17, 15) is 14.7 Å². The van der Waals surface area contributed by atoms with Crippen LogP contribution in [0.3, 0.4) is 0 Å². The van der Waals surface area contributed by atoms with Gasteiger partial charge in [-0.3, -0.25) is 4.79 Å². The number of anilines is 1. The number of aryl methyl sites for hydroxylation is 2. The van der Waals surface area contributed by atoms with Gasteiger partial charge in [0.05, 0.1) is 16.2 Å². The molecule has 1 fully saturated rings. The molecule has 0 radical (unpaired) electrons. The highest BCUT2D eigenvalue weighted by Gasteiger charge is 2.26. The van der Waals surface area contributed by atoms with Crippen molar-refractivity contribution in [2.24, 2.45) is 0 Å². The highest BCUT2D eigenvalue weighted by Crippen LogP contribution is 2.38. The zero-order valence-corrected chi connectivity index (χ0v) is 15.1. The first-order valence-corrected chi connectivity index (χ1v) is 8.53. The normalized spacial score (nSPS) is 16.6. The molecule has 1 saturated heterocycles. The molecule has 0 amide bonds. The number of hydrogen-bond donors (Lipinski definition) is 2. The second-order valence-electron chi connectivity index (χ2n) is 6.29. The molecule has 6 nitrogen and oxygen atoms in total. The van der Waals surface area contributed by atoms with Gasteiger partial charge in [-0.05, 0) is 18.9 Å². The van der Waals surface area contributed by atoms with Crippen LogP contribution in [0.1, 0.15) is 22.3 Å². The van der Waals surface area contributed by atoms with Gasteiger partial charge in [0.15, 0.2) is 0 Å². The van der Waals surface area contributed by atoms with Gasteiger partial charge in [0.2, 0.25) is 5.43 Å². The second-order valence-corrected chi connectivity index (χ2v) is 6.70. The van der Waals surface area contributed by atoms with Gasteiger partial charge in [-0.1, -0.05) is 11.6 Å². The third-order valence-corrected chi connectivity index (χ3v) is 5.16. The number of carboxylic acid groups (broad SMARTS) is 1. The lowest BCUT2D eigenvalue weighted by Gasteiger charge is -2.34. The number of hydrogen-bond acceptors (Lipinski definition) is 4. The Hall–Kier alpha value is -1.76. The van der Waals surface area contributed by atoms with Gasteiger partial charge in [0, 0.05) is 49.9 Å². The number of aromatic nitrogens is 1. The molecule has 0 bridgehead atoms. The van der Waals surface area contributed by atoms with Gasteiger partial charge in [-0.15, -0.1) is 12.4 Å². The number of halogens is 2. The molecule has 1 aromatic carbocycles. The molecule has 8 heteroatoms. The molecule has 0 unspecified atom stereocenters. The van der Waals surface area contributed by atoms with Crippen molar-refractivity contribution in [3.63, 3.8) is 0 Å². The van der Waals surface area contributed by atoms with E-state index in [-0.39, 0.29) is 18.0 Å². The standard InChI is InChI=1S/C17H18ClN3O3.ClH/c18-13-8-11-14-10(15(13)20-6-3-19-4-7-20)2-1-5-21(14)9-12(16(11)22)17(23)24;/h8-9,19H,1-7H2,(H,23,24);1H.